The van der Waals surface area contributed by atoms with Gasteiger partial charge in [0.15, 0.2) is 5.76 Å². The number of aliphatic hydroxyl groups excluding tert-OH is 2. The number of rotatable bonds is 10. The van der Waals surface area contributed by atoms with Crippen molar-refractivity contribution in [2.45, 2.75) is 19.8 Å². The predicted molar refractivity (Wildman–Crippen MR) is 92.9 cm³/mol. The summed E-state index contributed by atoms with van der Waals surface area (Å²) in [5.74, 6) is 0.424. The Balaban J connectivity index is 3.95. The van der Waals surface area contributed by atoms with Gasteiger partial charge in [0.1, 0.15) is 11.5 Å². The summed E-state index contributed by atoms with van der Waals surface area (Å²) in [6.45, 7) is 5.59. The molecule has 0 aromatic heterocycles. The summed E-state index contributed by atoms with van der Waals surface area (Å²) in [4.78, 5) is 11.5. The van der Waals surface area contributed by atoms with Gasteiger partial charge in [-0.25, -0.2) is 0 Å². The number of carbonyl (C=O) groups is 1. The fourth-order valence-corrected chi connectivity index (χ4v) is 1.32. The highest BCUT2D eigenvalue weighted by Crippen LogP contribution is 2.02. The molecule has 0 aliphatic rings. The van der Waals surface area contributed by atoms with Gasteiger partial charge in [0.2, 0.25) is 5.91 Å². The van der Waals surface area contributed by atoms with Gasteiger partial charge < -0.3 is 20.3 Å². The molecule has 0 heterocycles. The maximum atomic E-state index is 11.5. The van der Waals surface area contributed by atoms with Crippen LogP contribution in [0.25, 0.3) is 0 Å². The van der Waals surface area contributed by atoms with Crippen LogP contribution in [-0.4, -0.2) is 29.8 Å². The monoisotopic (exact) mass is 319 g/mol. The second-order valence-corrected chi connectivity index (χ2v) is 4.49. The van der Waals surface area contributed by atoms with Crippen molar-refractivity contribution in [3.8, 4) is 0 Å². The highest BCUT2D eigenvalue weighted by molar-refractivity contribution is 5.87. The summed E-state index contributed by atoms with van der Waals surface area (Å²) in [6, 6.07) is 0. The van der Waals surface area contributed by atoms with Crippen molar-refractivity contribution in [1.29, 1.82) is 0 Å². The van der Waals surface area contributed by atoms with Crippen LogP contribution in [0.15, 0.2) is 72.5 Å². The molecule has 0 unspecified atom stereocenters. The zero-order valence-electron chi connectivity index (χ0n) is 13.7. The highest BCUT2D eigenvalue weighted by Gasteiger charge is 1.94. The normalized spacial score (nSPS) is 13.6. The molecule has 0 fully saturated rings. The Hall–Kier alpha value is -2.69. The average molecular weight is 319 g/mol. The van der Waals surface area contributed by atoms with Crippen LogP contribution in [0.3, 0.4) is 0 Å². The quantitative estimate of drug-likeness (QED) is 0.249. The maximum Gasteiger partial charge on any atom is 0.243 e. The van der Waals surface area contributed by atoms with Gasteiger partial charge in [-0.2, -0.15) is 0 Å². The molecule has 0 aliphatic carbocycles. The molecule has 23 heavy (non-hydrogen) atoms. The molecule has 5 heteroatoms. The van der Waals surface area contributed by atoms with Crippen LogP contribution in [0.5, 0.6) is 0 Å². The summed E-state index contributed by atoms with van der Waals surface area (Å²) in [5, 5.41) is 21.3. The van der Waals surface area contributed by atoms with Crippen LogP contribution >= 0.6 is 0 Å². The Morgan fingerprint density at radius 2 is 1.91 bits per heavy atom. The molecule has 0 saturated carbocycles. The van der Waals surface area contributed by atoms with Crippen molar-refractivity contribution < 1.29 is 19.7 Å². The van der Waals surface area contributed by atoms with Crippen LogP contribution < -0.4 is 5.32 Å². The topological polar surface area (TPSA) is 78.8 Å². The smallest absolute Gasteiger partial charge is 0.243 e. The van der Waals surface area contributed by atoms with Crippen LogP contribution in [0.2, 0.25) is 0 Å². The van der Waals surface area contributed by atoms with Gasteiger partial charge in [-0.1, -0.05) is 30.9 Å². The fourth-order valence-electron chi connectivity index (χ4n) is 1.32. The zero-order valence-corrected chi connectivity index (χ0v) is 13.7. The molecule has 1 amide bonds. The lowest BCUT2D eigenvalue weighted by atomic mass is 10.3. The van der Waals surface area contributed by atoms with E-state index in [1.165, 1.54) is 31.4 Å². The summed E-state index contributed by atoms with van der Waals surface area (Å²) >= 11 is 0. The van der Waals surface area contributed by atoms with E-state index in [-0.39, 0.29) is 17.4 Å². The number of nitrogens with one attached hydrogen (secondary N) is 1. The van der Waals surface area contributed by atoms with Crippen molar-refractivity contribution in [3.05, 3.63) is 72.5 Å². The lowest BCUT2D eigenvalue weighted by Crippen LogP contribution is -2.21. The van der Waals surface area contributed by atoms with E-state index in [9.17, 15) is 9.90 Å². The molecule has 3 N–H and O–H groups in total. The van der Waals surface area contributed by atoms with E-state index in [0.717, 1.165) is 0 Å². The van der Waals surface area contributed by atoms with Crippen LogP contribution in [0, 0.1) is 0 Å². The molecule has 0 spiro atoms. The first kappa shape index (κ1) is 20.3. The Bertz CT molecular complexity index is 525. The molecule has 0 aliphatic heterocycles. The minimum absolute atomic E-state index is 0.0636. The lowest BCUT2D eigenvalue weighted by molar-refractivity contribution is -0.116. The maximum absolute atomic E-state index is 11.5. The minimum Gasteiger partial charge on any atom is -0.508 e. The van der Waals surface area contributed by atoms with Crippen molar-refractivity contribution in [1.82, 2.24) is 5.32 Å². The third kappa shape index (κ3) is 11.6. The first-order valence-electron chi connectivity index (χ1n) is 7.24. The van der Waals surface area contributed by atoms with E-state index in [2.05, 4.69) is 11.9 Å². The molecular formula is C18H25NO4. The number of methoxy groups -OCH3 is 1. The Morgan fingerprint density at radius 1 is 1.22 bits per heavy atom. The molecule has 5 nitrogen and oxygen atoms in total. The average Bonchev–Trinajstić information content (AvgIpc) is 2.56. The van der Waals surface area contributed by atoms with E-state index in [0.29, 0.717) is 25.1 Å². The van der Waals surface area contributed by atoms with E-state index in [1.807, 2.05) is 6.08 Å². The van der Waals surface area contributed by atoms with E-state index in [1.54, 1.807) is 25.2 Å². The first-order chi connectivity index (χ1) is 11.0. The summed E-state index contributed by atoms with van der Waals surface area (Å²) in [5.41, 5.74) is 0. The van der Waals surface area contributed by atoms with Gasteiger partial charge in [-0.15, -0.1) is 0 Å². The SMILES string of the molecule is C=C/C(O)=C\C=C\CCNC(=O)/C=C/C/C=C\C(O)=C(/C)OC. The van der Waals surface area contributed by atoms with E-state index >= 15 is 0 Å². The van der Waals surface area contributed by atoms with Gasteiger partial charge in [0.05, 0.1) is 7.11 Å². The van der Waals surface area contributed by atoms with Crippen LogP contribution in [-0.2, 0) is 9.53 Å². The molecule has 0 rings (SSSR count). The second-order valence-electron chi connectivity index (χ2n) is 4.49. The number of allylic oxidation sites excluding steroid dienone is 7. The largest absolute Gasteiger partial charge is 0.508 e. The standard InChI is InChI=1S/C18H25NO4/c1-4-16(20)11-7-6-10-14-19-18(22)13-9-5-8-12-17(21)15(2)23-3/h4,6-9,11-13,20-21H,1,5,10,14H2,2-3H3,(H,19,22)/b7-6+,12-8-,13-9+,16-11+,17-15-. The number of ether oxygens (including phenoxy) is 1. The van der Waals surface area contributed by atoms with E-state index in [4.69, 9.17) is 9.84 Å². The summed E-state index contributed by atoms with van der Waals surface area (Å²) < 4.78 is 4.87. The lowest BCUT2D eigenvalue weighted by Gasteiger charge is -1.99. The third-order valence-electron chi connectivity index (χ3n) is 2.71. The fraction of sp³-hybridized carbons (Fsp3) is 0.278. The first-order valence-corrected chi connectivity index (χ1v) is 7.24. The second kappa shape index (κ2) is 13.0. The molecule has 0 aromatic carbocycles. The van der Waals surface area contributed by atoms with Crippen molar-refractivity contribution in [3.63, 3.8) is 0 Å². The van der Waals surface area contributed by atoms with Crippen LogP contribution in [0.1, 0.15) is 19.8 Å². The predicted octanol–water partition coefficient (Wildman–Crippen LogP) is 3.62. The van der Waals surface area contributed by atoms with Crippen molar-refractivity contribution in [2.75, 3.05) is 13.7 Å². The molecular weight excluding hydrogens is 294 g/mol. The molecule has 0 saturated heterocycles. The Labute approximate surface area is 137 Å². The molecule has 0 radical (unpaired) electrons. The van der Waals surface area contributed by atoms with Gasteiger partial charge in [-0.05, 0) is 44.1 Å². The third-order valence-corrected chi connectivity index (χ3v) is 2.71. The summed E-state index contributed by atoms with van der Waals surface area (Å²) in [7, 11) is 1.48. The summed E-state index contributed by atoms with van der Waals surface area (Å²) in [6.07, 6.45) is 14.0. The van der Waals surface area contributed by atoms with Crippen LogP contribution in [0.4, 0.5) is 0 Å². The number of aliphatic hydroxyl groups is 2. The van der Waals surface area contributed by atoms with Crippen molar-refractivity contribution in [2.24, 2.45) is 0 Å². The van der Waals surface area contributed by atoms with Gasteiger partial charge in [0.25, 0.3) is 0 Å². The van der Waals surface area contributed by atoms with Crippen molar-refractivity contribution >= 4 is 5.91 Å². The molecule has 0 atom stereocenters. The molecule has 126 valence electrons. The molecule has 0 bridgehead atoms. The van der Waals surface area contributed by atoms with Gasteiger partial charge >= 0.3 is 0 Å². The van der Waals surface area contributed by atoms with Gasteiger partial charge in [0, 0.05) is 6.54 Å². The minimum atomic E-state index is -0.177. The number of carbonyl (C=O) groups excluding carboxylic acids is 1. The highest BCUT2D eigenvalue weighted by atomic mass is 16.5. The van der Waals surface area contributed by atoms with Gasteiger partial charge in [-0.3, -0.25) is 4.79 Å². The number of hydrogen-bond donors (Lipinski definition) is 3. The zero-order chi connectivity index (χ0) is 17.5. The Kier molecular flexibility index (Phi) is 11.5. The number of hydrogen-bond acceptors (Lipinski definition) is 4. The Morgan fingerprint density at radius 3 is 2.57 bits per heavy atom. The van der Waals surface area contributed by atoms with E-state index < -0.39 is 0 Å². The molecule has 0 aromatic rings. The number of amides is 1.